The van der Waals surface area contributed by atoms with E-state index in [4.69, 9.17) is 11.6 Å². The molecule has 0 radical (unpaired) electrons. The van der Waals surface area contributed by atoms with Crippen LogP contribution in [0.25, 0.3) is 0 Å². The van der Waals surface area contributed by atoms with Gasteiger partial charge in [0, 0.05) is 0 Å². The molecule has 19 heavy (non-hydrogen) atoms. The maximum atomic E-state index is 5.92. The van der Waals surface area contributed by atoms with Gasteiger partial charge >= 0.3 is 122 Å². The Balaban J connectivity index is 0.00000180. The predicted octanol–water partition coefficient (Wildman–Crippen LogP) is 3.92. The fraction of sp³-hybridized carbons (Fsp3) is 0.267. The third kappa shape index (κ3) is 4.84. The zero-order valence-corrected chi connectivity index (χ0v) is 14.8. The molecule has 2 aromatic rings. The Kier molecular flexibility index (Phi) is 6.92. The van der Waals surface area contributed by atoms with Crippen molar-refractivity contribution in [3.05, 3.63) is 64.9 Å². The molecule has 1 nitrogen and oxygen atoms in total. The van der Waals surface area contributed by atoms with Gasteiger partial charge in [-0.1, -0.05) is 0 Å². The monoisotopic (exact) mass is 357 g/mol. The Morgan fingerprint density at radius 1 is 1.16 bits per heavy atom. The molecule has 0 saturated heterocycles. The summed E-state index contributed by atoms with van der Waals surface area (Å²) in [7, 11) is 0. The molecule has 1 aromatic carbocycles. The maximum absolute atomic E-state index is 5.92. The van der Waals surface area contributed by atoms with Crippen molar-refractivity contribution in [2.45, 2.75) is 24.0 Å². The van der Waals surface area contributed by atoms with E-state index < -0.39 is 0 Å². The van der Waals surface area contributed by atoms with Crippen LogP contribution in [0.3, 0.4) is 0 Å². The molecular formula is C15H18AsCl2N. The van der Waals surface area contributed by atoms with Crippen LogP contribution in [-0.4, -0.2) is 21.8 Å². The Labute approximate surface area is 134 Å². The number of hydrogen-bond acceptors (Lipinski definition) is 1. The van der Waals surface area contributed by atoms with Crippen molar-refractivity contribution in [1.82, 2.24) is 4.98 Å². The molecule has 102 valence electrons. The summed E-state index contributed by atoms with van der Waals surface area (Å²) >= 11 is 7.68. The second kappa shape index (κ2) is 7.94. The van der Waals surface area contributed by atoms with Crippen LogP contribution in [0.15, 0.2) is 48.7 Å². The average Bonchev–Trinajstić information content (AvgIpc) is 2.38. The van der Waals surface area contributed by atoms with E-state index in [1.807, 2.05) is 24.4 Å². The molecule has 0 amide bonds. The van der Waals surface area contributed by atoms with Crippen LogP contribution >= 0.6 is 24.0 Å². The summed E-state index contributed by atoms with van der Waals surface area (Å²) in [6, 6.07) is 14.3. The summed E-state index contributed by atoms with van der Waals surface area (Å²) in [6.07, 6.45) is 2.90. The average molecular weight is 358 g/mol. The molecule has 0 fully saturated rings. The van der Waals surface area contributed by atoms with E-state index in [2.05, 4.69) is 36.2 Å². The summed E-state index contributed by atoms with van der Waals surface area (Å²) in [4.78, 5) is 4.50. The first kappa shape index (κ1) is 16.6. The second-order valence-electron chi connectivity index (χ2n) is 4.55. The Hall–Kier alpha value is -0.492. The summed E-state index contributed by atoms with van der Waals surface area (Å²) < 4.78 is 0.628. The SMILES string of the molecule is CC([AsH2])C(Cc1ccc(Cl)cc1)c1ccccn1.Cl. The van der Waals surface area contributed by atoms with Crippen molar-refractivity contribution in [1.29, 1.82) is 0 Å². The van der Waals surface area contributed by atoms with E-state index in [9.17, 15) is 0 Å². The van der Waals surface area contributed by atoms with E-state index in [1.165, 1.54) is 11.3 Å². The van der Waals surface area contributed by atoms with Crippen LogP contribution in [0.5, 0.6) is 0 Å². The first-order chi connectivity index (χ1) is 8.66. The van der Waals surface area contributed by atoms with Gasteiger partial charge in [0.25, 0.3) is 0 Å². The fourth-order valence-electron chi connectivity index (χ4n) is 2.03. The number of halogens is 2. The summed E-state index contributed by atoms with van der Waals surface area (Å²) in [5.74, 6) is 0.479. The zero-order chi connectivity index (χ0) is 13.0. The van der Waals surface area contributed by atoms with E-state index in [0.29, 0.717) is 10.6 Å². The number of hydrogen-bond donors (Lipinski definition) is 0. The van der Waals surface area contributed by atoms with Crippen molar-refractivity contribution >= 4 is 40.9 Å². The van der Waals surface area contributed by atoms with Gasteiger partial charge in [0.15, 0.2) is 0 Å². The minimum atomic E-state index is 0. The van der Waals surface area contributed by atoms with Crippen molar-refractivity contribution in [3.63, 3.8) is 0 Å². The first-order valence-corrected chi connectivity index (χ1v) is 7.85. The molecule has 0 aliphatic carbocycles. The molecule has 0 N–H and O–H groups in total. The molecule has 3 atom stereocenters. The maximum Gasteiger partial charge on any atom is -0.147 e. The van der Waals surface area contributed by atoms with Gasteiger partial charge in [0.05, 0.1) is 0 Å². The number of aromatic nitrogens is 1. The Morgan fingerprint density at radius 3 is 2.37 bits per heavy atom. The largest absolute Gasteiger partial charge is 0.147 e. The number of pyridine rings is 1. The van der Waals surface area contributed by atoms with Crippen LogP contribution < -0.4 is 0 Å². The van der Waals surface area contributed by atoms with Crippen LogP contribution in [0.4, 0.5) is 0 Å². The summed E-state index contributed by atoms with van der Waals surface area (Å²) in [5.41, 5.74) is 2.50. The molecule has 0 spiro atoms. The second-order valence-corrected chi connectivity index (χ2v) is 7.19. The van der Waals surface area contributed by atoms with Gasteiger partial charge < -0.3 is 0 Å². The Morgan fingerprint density at radius 2 is 1.84 bits per heavy atom. The zero-order valence-electron chi connectivity index (χ0n) is 10.8. The molecule has 2 rings (SSSR count). The smallest absolute Gasteiger partial charge is 0.147 e. The third-order valence-corrected chi connectivity index (χ3v) is 4.30. The van der Waals surface area contributed by atoms with E-state index >= 15 is 0 Å². The normalized spacial score (nSPS) is 13.4. The van der Waals surface area contributed by atoms with Gasteiger partial charge in [-0.3, -0.25) is 0 Å². The third-order valence-electron chi connectivity index (χ3n) is 3.07. The first-order valence-electron chi connectivity index (χ1n) is 6.08. The number of rotatable bonds is 4. The van der Waals surface area contributed by atoms with Crippen molar-refractivity contribution < 1.29 is 0 Å². The van der Waals surface area contributed by atoms with Crippen LogP contribution in [0.2, 0.25) is 9.73 Å². The van der Waals surface area contributed by atoms with Gasteiger partial charge in [-0.25, -0.2) is 0 Å². The molecule has 1 aromatic heterocycles. The van der Waals surface area contributed by atoms with Crippen molar-refractivity contribution in [2.75, 3.05) is 0 Å². The van der Waals surface area contributed by atoms with Gasteiger partial charge in [-0.2, -0.15) is 0 Å². The molecule has 0 bridgehead atoms. The Bertz CT molecular complexity index is 485. The van der Waals surface area contributed by atoms with E-state index in [0.717, 1.165) is 11.4 Å². The van der Waals surface area contributed by atoms with Crippen LogP contribution in [0, 0.1) is 0 Å². The van der Waals surface area contributed by atoms with E-state index in [1.54, 1.807) is 16.9 Å². The molecule has 3 unspecified atom stereocenters. The number of nitrogens with zero attached hydrogens (tertiary/aromatic N) is 1. The van der Waals surface area contributed by atoms with Crippen molar-refractivity contribution in [2.24, 2.45) is 0 Å². The van der Waals surface area contributed by atoms with Gasteiger partial charge in [-0.05, 0) is 0 Å². The number of benzene rings is 1. The van der Waals surface area contributed by atoms with E-state index in [-0.39, 0.29) is 12.4 Å². The predicted molar refractivity (Wildman–Crippen MR) is 87.4 cm³/mol. The van der Waals surface area contributed by atoms with Crippen LogP contribution in [-0.2, 0) is 6.42 Å². The van der Waals surface area contributed by atoms with Crippen LogP contribution in [0.1, 0.15) is 24.1 Å². The van der Waals surface area contributed by atoms with Crippen molar-refractivity contribution in [3.8, 4) is 0 Å². The van der Waals surface area contributed by atoms with Gasteiger partial charge in [0.2, 0.25) is 0 Å². The molecule has 0 saturated carbocycles. The topological polar surface area (TPSA) is 12.9 Å². The molecular weight excluding hydrogens is 340 g/mol. The summed E-state index contributed by atoms with van der Waals surface area (Å²) in [5, 5.41) is 0.793. The van der Waals surface area contributed by atoms with Gasteiger partial charge in [0.1, 0.15) is 0 Å². The molecule has 0 aliphatic rings. The molecule has 4 heteroatoms. The molecule has 0 aliphatic heterocycles. The summed E-state index contributed by atoms with van der Waals surface area (Å²) in [6.45, 7) is 2.27. The fourth-order valence-corrected chi connectivity index (χ4v) is 2.85. The molecule has 1 heterocycles. The quantitative estimate of drug-likeness (QED) is 0.755. The minimum absolute atomic E-state index is 0. The minimum Gasteiger partial charge on any atom is -0.147 e. The van der Waals surface area contributed by atoms with Gasteiger partial charge in [-0.15, -0.1) is 12.4 Å². The standard InChI is InChI=1S/C15H17AsClN.ClH/c1-11(16)14(15-4-2-3-9-18-15)10-12-5-7-13(17)8-6-12;/h2-9,11,14H,10,16H2,1H3;1H.